The number of nitrogens with zero attached hydrogens (tertiary/aromatic N) is 2. The number of Topliss-reactive ketones (excluding diaryl/α,β-unsaturated/α-hetero) is 1. The molecular weight excluding hydrogens is 387 g/mol. The monoisotopic (exact) mass is 404 g/mol. The Labute approximate surface area is 157 Å². The van der Waals surface area contributed by atoms with Gasteiger partial charge in [0.1, 0.15) is 35.0 Å². The van der Waals surface area contributed by atoms with Gasteiger partial charge in [0.05, 0.1) is 18.8 Å². The second-order valence-corrected chi connectivity index (χ2v) is 7.21. The topological polar surface area (TPSA) is 105 Å². The van der Waals surface area contributed by atoms with E-state index in [4.69, 9.17) is 20.7 Å². The van der Waals surface area contributed by atoms with Gasteiger partial charge in [-0.25, -0.2) is 0 Å². The Kier molecular flexibility index (Phi) is 11.8. The lowest BCUT2D eigenvalue weighted by Gasteiger charge is -2.09. The first-order valence-electron chi connectivity index (χ1n) is 7.54. The molecule has 0 saturated carbocycles. The Morgan fingerprint density at radius 1 is 1.00 bits per heavy atom. The van der Waals surface area contributed by atoms with Gasteiger partial charge in [-0.2, -0.15) is 10.5 Å². The number of benzene rings is 1. The summed E-state index contributed by atoms with van der Waals surface area (Å²) in [4.78, 5) is 12.6. The van der Waals surface area contributed by atoms with Crippen LogP contribution in [0.3, 0.4) is 0 Å². The second kappa shape index (κ2) is 12.9. The number of aliphatic hydroxyl groups is 2. The predicted octanol–water partition coefficient (Wildman–Crippen LogP) is 2.12. The van der Waals surface area contributed by atoms with Gasteiger partial charge in [0, 0.05) is 5.56 Å². The quantitative estimate of drug-likeness (QED) is 0.173. The molecule has 0 aliphatic rings. The Morgan fingerprint density at radius 3 is 1.81 bits per heavy atom. The number of allylic oxidation sites excluding steroid dienone is 1. The molecule has 1 aromatic carbocycles. The minimum absolute atomic E-state index is 0.0651. The number of hydrogen-bond acceptors (Lipinski definition) is 5. The highest BCUT2D eigenvalue weighted by Crippen LogP contribution is 2.16. The fraction of sp³-hybridized carbons (Fsp3) is 0.312. The predicted molar refractivity (Wildman–Crippen MR) is 95.3 cm³/mol. The molecule has 146 valence electrons. The number of nitriles is 2. The van der Waals surface area contributed by atoms with Crippen molar-refractivity contribution in [3.63, 3.8) is 0 Å². The normalized spacial score (nSPS) is 10.3. The molecule has 2 N–H and O–H groups in total. The van der Waals surface area contributed by atoms with Crippen LogP contribution in [0.15, 0.2) is 41.5 Å². The molecular formula is C16H17BF4N2O3S. The van der Waals surface area contributed by atoms with Gasteiger partial charge in [-0.3, -0.25) is 4.79 Å². The lowest BCUT2D eigenvalue weighted by molar-refractivity contribution is 0.103. The van der Waals surface area contributed by atoms with Crippen LogP contribution in [0, 0.1) is 22.7 Å². The van der Waals surface area contributed by atoms with Crippen molar-refractivity contribution in [2.45, 2.75) is 0 Å². The first-order valence-corrected chi connectivity index (χ1v) is 9.27. The van der Waals surface area contributed by atoms with E-state index in [1.165, 1.54) is 0 Å². The third kappa shape index (κ3) is 11.1. The molecule has 11 heteroatoms. The van der Waals surface area contributed by atoms with E-state index in [0.29, 0.717) is 17.1 Å². The molecule has 0 amide bonds. The molecule has 5 nitrogen and oxygen atoms in total. The highest BCUT2D eigenvalue weighted by molar-refractivity contribution is 7.97. The van der Waals surface area contributed by atoms with E-state index in [1.54, 1.807) is 42.5 Å². The summed E-state index contributed by atoms with van der Waals surface area (Å²) in [6.07, 6.45) is 0. The minimum Gasteiger partial charge on any atom is -0.418 e. The van der Waals surface area contributed by atoms with E-state index in [0.717, 1.165) is 0 Å². The summed E-state index contributed by atoms with van der Waals surface area (Å²) >= 11 is 0. The highest BCUT2D eigenvalue weighted by Gasteiger charge is 2.27. The summed E-state index contributed by atoms with van der Waals surface area (Å²) < 4.78 is 39.0. The van der Waals surface area contributed by atoms with Gasteiger partial charge < -0.3 is 27.5 Å². The van der Waals surface area contributed by atoms with Crippen LogP contribution in [0.5, 0.6) is 0 Å². The molecule has 0 aliphatic heterocycles. The highest BCUT2D eigenvalue weighted by atomic mass is 32.2. The molecule has 0 atom stereocenters. The number of halogens is 4. The van der Waals surface area contributed by atoms with Crippen molar-refractivity contribution in [1.82, 2.24) is 0 Å². The number of rotatable bonds is 8. The van der Waals surface area contributed by atoms with E-state index >= 15 is 0 Å². The second-order valence-electron chi connectivity index (χ2n) is 4.88. The van der Waals surface area contributed by atoms with E-state index in [2.05, 4.69) is 0 Å². The zero-order chi connectivity index (χ0) is 20.9. The van der Waals surface area contributed by atoms with Crippen LogP contribution in [-0.2, 0) is 10.9 Å². The molecule has 0 aromatic heterocycles. The summed E-state index contributed by atoms with van der Waals surface area (Å²) in [5.41, 5.74) is 0.362. The lowest BCUT2D eigenvalue weighted by atomic mass is 10.0. The van der Waals surface area contributed by atoms with Gasteiger partial charge in [-0.1, -0.05) is 30.3 Å². The van der Waals surface area contributed by atoms with Crippen molar-refractivity contribution in [1.29, 1.82) is 10.5 Å². The molecule has 0 aliphatic carbocycles. The number of ketones is 1. The summed E-state index contributed by atoms with van der Waals surface area (Å²) in [5, 5.41) is 36.3. The average Bonchev–Trinajstić information content (AvgIpc) is 2.61. The van der Waals surface area contributed by atoms with Crippen LogP contribution in [0.4, 0.5) is 17.3 Å². The zero-order valence-electron chi connectivity index (χ0n) is 14.1. The van der Waals surface area contributed by atoms with E-state index in [-0.39, 0.29) is 35.9 Å². The van der Waals surface area contributed by atoms with Crippen LogP contribution in [0.25, 0.3) is 0 Å². The van der Waals surface area contributed by atoms with Gasteiger partial charge in [-0.05, 0) is 10.9 Å². The molecule has 0 bridgehead atoms. The van der Waals surface area contributed by atoms with Crippen molar-refractivity contribution in [2.75, 3.05) is 30.5 Å². The molecule has 27 heavy (non-hydrogen) atoms. The van der Waals surface area contributed by atoms with Crippen molar-refractivity contribution in [2.24, 2.45) is 0 Å². The summed E-state index contributed by atoms with van der Waals surface area (Å²) in [7, 11) is -6.45. The molecule has 0 radical (unpaired) electrons. The minimum atomic E-state index is -6.00. The molecule has 0 spiro atoms. The molecule has 1 rings (SSSR count). The number of aliphatic hydroxyl groups excluding tert-OH is 2. The maximum absolute atomic E-state index is 12.6. The molecule has 1 aromatic rings. The van der Waals surface area contributed by atoms with E-state index < -0.39 is 18.1 Å². The van der Waals surface area contributed by atoms with Gasteiger partial charge >= 0.3 is 7.25 Å². The molecule has 0 heterocycles. The fourth-order valence-corrected chi connectivity index (χ4v) is 3.58. The van der Waals surface area contributed by atoms with Crippen molar-refractivity contribution >= 4 is 23.9 Å². The van der Waals surface area contributed by atoms with E-state index in [1.807, 2.05) is 0 Å². The fourth-order valence-electron chi connectivity index (χ4n) is 1.88. The zero-order valence-corrected chi connectivity index (χ0v) is 14.9. The number of carbonyl (C=O) groups excluding carboxylic acids is 1. The number of hydrogen-bond donors (Lipinski definition) is 2. The van der Waals surface area contributed by atoms with Gasteiger partial charge in [-0.15, -0.1) is 0 Å². The van der Waals surface area contributed by atoms with Gasteiger partial charge in [0.25, 0.3) is 0 Å². The summed E-state index contributed by atoms with van der Waals surface area (Å²) in [6, 6.07) is 12.0. The molecule has 0 unspecified atom stereocenters. The van der Waals surface area contributed by atoms with Gasteiger partial charge in [0.2, 0.25) is 0 Å². The first-order chi connectivity index (χ1) is 12.7. The van der Waals surface area contributed by atoms with Crippen molar-refractivity contribution in [3.8, 4) is 12.1 Å². The van der Waals surface area contributed by atoms with Crippen molar-refractivity contribution < 1.29 is 32.3 Å². The summed E-state index contributed by atoms with van der Waals surface area (Å²) in [6.45, 7) is -0.130. The third-order valence-electron chi connectivity index (χ3n) is 2.94. The molecule has 0 fully saturated rings. The Morgan fingerprint density at radius 2 is 1.44 bits per heavy atom. The van der Waals surface area contributed by atoms with Crippen molar-refractivity contribution in [3.05, 3.63) is 47.0 Å². The van der Waals surface area contributed by atoms with E-state index in [9.17, 15) is 22.1 Å². The van der Waals surface area contributed by atoms with Crippen LogP contribution in [0.1, 0.15) is 10.4 Å². The number of carbonyl (C=O) groups is 1. The first kappa shape index (κ1) is 24.7. The largest absolute Gasteiger partial charge is 0.673 e. The van der Waals surface area contributed by atoms with Crippen LogP contribution in [0.2, 0.25) is 0 Å². The van der Waals surface area contributed by atoms with Gasteiger partial charge in [0.15, 0.2) is 5.78 Å². The standard InChI is InChI=1S/C16H17N2O3S.BF4/c17-10-14(11-18)15(12-22(8-6-19)9-7-20)16(21)13-4-2-1-3-5-13;2-1(3,4)5/h1-5,19-20H,6-9,12H2;/q+1;-1. The SMILES string of the molecule is F[B-](F)(F)F.N#CC(C#N)=C(C[S+](CCO)CCO)C(=O)c1ccccc1. The Balaban J connectivity index is 0.00000119. The maximum atomic E-state index is 12.6. The van der Waals surface area contributed by atoms with Crippen LogP contribution in [-0.4, -0.2) is 53.7 Å². The van der Waals surface area contributed by atoms with Crippen LogP contribution >= 0.6 is 0 Å². The maximum Gasteiger partial charge on any atom is 0.673 e. The Bertz CT molecular complexity index is 687. The molecule has 0 saturated heterocycles. The smallest absolute Gasteiger partial charge is 0.418 e. The average molecular weight is 404 g/mol. The van der Waals surface area contributed by atoms with Crippen LogP contribution < -0.4 is 0 Å². The Hall–Kier alpha value is -2.34. The lowest BCUT2D eigenvalue weighted by Crippen LogP contribution is -2.25. The summed E-state index contributed by atoms with van der Waals surface area (Å²) in [5.74, 6) is 0.713. The third-order valence-corrected chi connectivity index (χ3v) is 5.16.